The van der Waals surface area contributed by atoms with Gasteiger partial charge in [-0.15, -0.1) is 15.0 Å². The number of phenols is 1. The molecule has 0 aliphatic heterocycles. The van der Waals surface area contributed by atoms with Crippen LogP contribution in [0, 0.1) is 0 Å². The fraction of sp³-hybridized carbons (Fsp3) is 0.400. The maximum Gasteiger partial charge on any atom is 0.154 e. The van der Waals surface area contributed by atoms with Crippen LogP contribution in [0.1, 0.15) is 38.3 Å². The van der Waals surface area contributed by atoms with Crippen molar-refractivity contribution in [2.75, 3.05) is 7.11 Å². The number of aliphatic hydroxyl groups excluding tert-OH is 1. The molecule has 1 heterocycles. The highest BCUT2D eigenvalue weighted by Crippen LogP contribution is 2.36. The average Bonchev–Trinajstić information content (AvgIpc) is 3.03. The molecule has 26 heavy (non-hydrogen) atoms. The summed E-state index contributed by atoms with van der Waals surface area (Å²) in [6.45, 7) is 6.14. The minimum atomic E-state index is -0.809. The number of ether oxygens (including phenoxy) is 1. The molecule has 0 saturated heterocycles. The zero-order valence-corrected chi connectivity index (χ0v) is 15.6. The van der Waals surface area contributed by atoms with Crippen molar-refractivity contribution in [2.24, 2.45) is 0 Å². The van der Waals surface area contributed by atoms with E-state index in [0.717, 1.165) is 22.2 Å². The number of benzene rings is 2. The minimum Gasteiger partial charge on any atom is -0.505 e. The van der Waals surface area contributed by atoms with Crippen molar-refractivity contribution in [1.29, 1.82) is 0 Å². The zero-order valence-electron chi connectivity index (χ0n) is 15.6. The molecule has 6 heteroatoms. The number of methoxy groups -OCH3 is 1. The first kappa shape index (κ1) is 18.4. The van der Waals surface area contributed by atoms with Crippen molar-refractivity contribution in [1.82, 2.24) is 15.0 Å². The quantitative estimate of drug-likeness (QED) is 0.686. The molecule has 1 aromatic heterocycles. The molecule has 0 radical (unpaired) electrons. The van der Waals surface area contributed by atoms with Gasteiger partial charge in [-0.1, -0.05) is 39.0 Å². The Balaban J connectivity index is 2.10. The van der Waals surface area contributed by atoms with E-state index < -0.39 is 6.29 Å². The molecule has 3 rings (SSSR count). The van der Waals surface area contributed by atoms with E-state index in [1.807, 2.05) is 57.2 Å². The first-order valence-corrected chi connectivity index (χ1v) is 8.69. The van der Waals surface area contributed by atoms with E-state index in [1.165, 1.54) is 11.9 Å². The molecule has 0 aliphatic carbocycles. The lowest BCUT2D eigenvalue weighted by Gasteiger charge is -2.23. The maximum absolute atomic E-state index is 10.9. The van der Waals surface area contributed by atoms with Gasteiger partial charge in [-0.2, -0.15) is 0 Å². The first-order chi connectivity index (χ1) is 12.3. The third-order valence-electron chi connectivity index (χ3n) is 4.41. The van der Waals surface area contributed by atoms with Gasteiger partial charge in [0, 0.05) is 19.1 Å². The Bertz CT molecular complexity index is 879. The highest BCUT2D eigenvalue weighted by atomic mass is 16.6. The van der Waals surface area contributed by atoms with Gasteiger partial charge in [-0.3, -0.25) is 0 Å². The summed E-state index contributed by atoms with van der Waals surface area (Å²) in [6.07, 6.45) is 0.279. The molecule has 3 aromatic rings. The summed E-state index contributed by atoms with van der Waals surface area (Å²) >= 11 is 0. The van der Waals surface area contributed by atoms with Crippen LogP contribution in [0.5, 0.6) is 5.75 Å². The van der Waals surface area contributed by atoms with Gasteiger partial charge in [-0.25, -0.2) is 0 Å². The van der Waals surface area contributed by atoms with Crippen molar-refractivity contribution >= 4 is 11.0 Å². The number of phenolic OH excluding ortho intramolecular Hbond substituents is 1. The molecular formula is C20H25N3O3. The average molecular weight is 355 g/mol. The number of aryl methyl sites for hydroxylation is 1. The largest absolute Gasteiger partial charge is 0.505 e. The normalized spacial score (nSPS) is 13.3. The lowest BCUT2D eigenvalue weighted by molar-refractivity contribution is -0.0777. The summed E-state index contributed by atoms with van der Waals surface area (Å²) < 4.78 is 4.92. The Kier molecular flexibility index (Phi) is 4.98. The van der Waals surface area contributed by atoms with Crippen molar-refractivity contribution in [3.8, 4) is 11.4 Å². The van der Waals surface area contributed by atoms with E-state index in [0.29, 0.717) is 18.5 Å². The molecule has 2 N–H and O–H groups in total. The number of hydrogen-bond acceptors (Lipinski definition) is 5. The summed E-state index contributed by atoms with van der Waals surface area (Å²) in [5, 5.41) is 29.5. The number of aromatic hydroxyl groups is 1. The number of aromatic nitrogens is 3. The van der Waals surface area contributed by atoms with Crippen LogP contribution in [0.2, 0.25) is 0 Å². The number of fused-ring (bicyclic) bond motifs is 1. The van der Waals surface area contributed by atoms with Crippen molar-refractivity contribution in [3.63, 3.8) is 0 Å². The highest BCUT2D eigenvalue weighted by molar-refractivity contribution is 5.73. The predicted octanol–water partition coefficient (Wildman–Crippen LogP) is 3.32. The monoisotopic (exact) mass is 355 g/mol. The summed E-state index contributed by atoms with van der Waals surface area (Å²) in [6, 6.07) is 11.4. The van der Waals surface area contributed by atoms with Crippen molar-refractivity contribution in [2.45, 2.75) is 45.3 Å². The van der Waals surface area contributed by atoms with E-state index in [1.54, 1.807) is 0 Å². The molecule has 0 bridgehead atoms. The Labute approximate surface area is 153 Å². The number of nitrogens with zero attached hydrogens (tertiary/aromatic N) is 3. The third-order valence-corrected chi connectivity index (χ3v) is 4.41. The lowest BCUT2D eigenvalue weighted by atomic mass is 9.84. The van der Waals surface area contributed by atoms with Gasteiger partial charge >= 0.3 is 0 Å². The molecule has 1 unspecified atom stereocenters. The lowest BCUT2D eigenvalue weighted by Crippen LogP contribution is -2.15. The summed E-state index contributed by atoms with van der Waals surface area (Å²) in [7, 11) is 1.48. The van der Waals surface area contributed by atoms with Crippen LogP contribution in [0.25, 0.3) is 16.7 Å². The third kappa shape index (κ3) is 3.71. The highest BCUT2D eigenvalue weighted by Gasteiger charge is 2.23. The minimum absolute atomic E-state index is 0.175. The van der Waals surface area contributed by atoms with Crippen LogP contribution in [0.4, 0.5) is 0 Å². The fourth-order valence-electron chi connectivity index (χ4n) is 2.92. The van der Waals surface area contributed by atoms with Gasteiger partial charge in [-0.05, 0) is 35.6 Å². The second kappa shape index (κ2) is 7.05. The Morgan fingerprint density at radius 2 is 1.73 bits per heavy atom. The molecular weight excluding hydrogens is 330 g/mol. The molecule has 0 spiro atoms. The molecule has 6 nitrogen and oxygen atoms in total. The van der Waals surface area contributed by atoms with Gasteiger partial charge in [0.1, 0.15) is 22.5 Å². The van der Waals surface area contributed by atoms with E-state index in [2.05, 4.69) is 10.2 Å². The molecule has 0 saturated carbocycles. The molecule has 1 atom stereocenters. The summed E-state index contributed by atoms with van der Waals surface area (Å²) in [5.41, 5.74) is 3.63. The first-order valence-electron chi connectivity index (χ1n) is 8.69. The summed E-state index contributed by atoms with van der Waals surface area (Å²) in [5.74, 6) is 0.175. The van der Waals surface area contributed by atoms with Crippen LogP contribution in [0.15, 0.2) is 36.4 Å². The molecule has 0 amide bonds. The second-order valence-electron chi connectivity index (χ2n) is 7.47. The summed E-state index contributed by atoms with van der Waals surface area (Å²) in [4.78, 5) is 1.48. The van der Waals surface area contributed by atoms with Gasteiger partial charge in [0.25, 0.3) is 0 Å². The topological polar surface area (TPSA) is 80.4 Å². The van der Waals surface area contributed by atoms with Crippen LogP contribution in [0.3, 0.4) is 0 Å². The molecule has 138 valence electrons. The SMILES string of the molecule is COC(O)CCc1cc(-n2nc3ccccc3n2)c(O)c(C(C)(C)C)c1. The Morgan fingerprint density at radius 1 is 1.12 bits per heavy atom. The van der Waals surface area contributed by atoms with E-state index in [4.69, 9.17) is 4.74 Å². The fourth-order valence-corrected chi connectivity index (χ4v) is 2.92. The Morgan fingerprint density at radius 3 is 2.27 bits per heavy atom. The van der Waals surface area contributed by atoms with Crippen molar-refractivity contribution in [3.05, 3.63) is 47.5 Å². The van der Waals surface area contributed by atoms with Gasteiger partial charge < -0.3 is 14.9 Å². The van der Waals surface area contributed by atoms with Crippen molar-refractivity contribution < 1.29 is 14.9 Å². The van der Waals surface area contributed by atoms with E-state index >= 15 is 0 Å². The van der Waals surface area contributed by atoms with Gasteiger partial charge in [0.05, 0.1) is 0 Å². The predicted molar refractivity (Wildman–Crippen MR) is 101 cm³/mol. The smallest absolute Gasteiger partial charge is 0.154 e. The molecule has 2 aromatic carbocycles. The number of aliphatic hydroxyl groups is 1. The Hall–Kier alpha value is -2.44. The van der Waals surface area contributed by atoms with Crippen LogP contribution in [-0.2, 0) is 16.6 Å². The number of rotatable bonds is 5. The van der Waals surface area contributed by atoms with Gasteiger partial charge in [0.2, 0.25) is 0 Å². The second-order valence-corrected chi connectivity index (χ2v) is 7.47. The standard InChI is InChI=1S/C20H25N3O3/c1-20(2,3)14-11-13(9-10-18(24)26-4)12-17(19(14)25)23-21-15-7-5-6-8-16(15)22-23/h5-8,11-12,18,24-25H,9-10H2,1-4H3. The van der Waals surface area contributed by atoms with Crippen LogP contribution in [-0.4, -0.2) is 38.6 Å². The zero-order chi connectivity index (χ0) is 18.9. The molecule has 0 aliphatic rings. The van der Waals surface area contributed by atoms with Crippen LogP contribution >= 0.6 is 0 Å². The van der Waals surface area contributed by atoms with Gasteiger partial charge in [0.15, 0.2) is 6.29 Å². The van der Waals surface area contributed by atoms with E-state index in [-0.39, 0.29) is 11.2 Å². The number of hydrogen-bond donors (Lipinski definition) is 2. The molecule has 0 fully saturated rings. The maximum atomic E-state index is 10.9. The van der Waals surface area contributed by atoms with E-state index in [9.17, 15) is 10.2 Å². The van der Waals surface area contributed by atoms with Crippen LogP contribution < -0.4 is 0 Å².